The fraction of sp³-hybridized carbons (Fsp3) is 0.200. The molecule has 0 aliphatic carbocycles. The topological polar surface area (TPSA) is 79.8 Å². The van der Waals surface area contributed by atoms with Crippen molar-refractivity contribution in [2.24, 2.45) is 5.92 Å². The van der Waals surface area contributed by atoms with Crippen LogP contribution >= 0.6 is 11.3 Å². The first-order valence-corrected chi connectivity index (χ1v) is 7.85. The predicted octanol–water partition coefficient (Wildman–Crippen LogP) is 1.91. The molecule has 1 aliphatic rings. The van der Waals surface area contributed by atoms with Crippen LogP contribution in [-0.4, -0.2) is 34.2 Å². The lowest BCUT2D eigenvalue weighted by molar-refractivity contribution is -0.121. The number of nitrogens with one attached hydrogen (secondary N) is 2. The van der Waals surface area contributed by atoms with Crippen molar-refractivity contribution in [3.05, 3.63) is 36.0 Å². The number of thiazole rings is 1. The predicted molar refractivity (Wildman–Crippen MR) is 85.6 cm³/mol. The van der Waals surface area contributed by atoms with Gasteiger partial charge in [0.1, 0.15) is 0 Å². The zero-order chi connectivity index (χ0) is 14.9. The molecule has 0 radical (unpaired) electrons. The molecule has 1 amide bonds. The van der Waals surface area contributed by atoms with Gasteiger partial charge in [-0.1, -0.05) is 6.07 Å². The number of aromatic nitrogens is 3. The number of benzene rings is 1. The van der Waals surface area contributed by atoms with Crippen molar-refractivity contribution in [3.8, 4) is 10.4 Å². The zero-order valence-corrected chi connectivity index (χ0v) is 12.4. The van der Waals surface area contributed by atoms with E-state index in [1.807, 2.05) is 36.0 Å². The standard InChI is InChI=1S/C15H13N5OS/c21-15(11-5-16-6-11)18-14-4-10-3-9(13-7-17-8-22-13)1-2-12(10)19-20-14/h1-4,7-8,11,16H,5-6H2,(H,18,20,21). The third-order valence-corrected chi connectivity index (χ3v) is 4.53. The van der Waals surface area contributed by atoms with Gasteiger partial charge in [-0.3, -0.25) is 9.78 Å². The number of carbonyl (C=O) groups excluding carboxylic acids is 1. The molecule has 6 nitrogen and oxygen atoms in total. The first-order chi connectivity index (χ1) is 10.8. The highest BCUT2D eigenvalue weighted by Gasteiger charge is 2.25. The summed E-state index contributed by atoms with van der Waals surface area (Å²) < 4.78 is 0. The molecule has 0 spiro atoms. The van der Waals surface area contributed by atoms with Gasteiger partial charge in [-0.2, -0.15) is 0 Å². The third kappa shape index (κ3) is 2.44. The van der Waals surface area contributed by atoms with Crippen LogP contribution < -0.4 is 10.6 Å². The van der Waals surface area contributed by atoms with Gasteiger partial charge >= 0.3 is 0 Å². The second-order valence-corrected chi connectivity index (χ2v) is 6.10. The van der Waals surface area contributed by atoms with E-state index in [4.69, 9.17) is 0 Å². The number of anilines is 1. The first kappa shape index (κ1) is 13.3. The zero-order valence-electron chi connectivity index (χ0n) is 11.6. The fourth-order valence-electron chi connectivity index (χ4n) is 2.32. The average molecular weight is 311 g/mol. The second-order valence-electron chi connectivity index (χ2n) is 5.21. The van der Waals surface area contributed by atoms with Crippen LogP contribution in [0.1, 0.15) is 0 Å². The summed E-state index contributed by atoms with van der Waals surface area (Å²) in [4.78, 5) is 17.2. The minimum absolute atomic E-state index is 0.00832. The molecule has 0 saturated carbocycles. The molecular formula is C15H13N5OS. The molecule has 2 aromatic heterocycles. The molecular weight excluding hydrogens is 298 g/mol. The molecule has 110 valence electrons. The molecule has 1 aliphatic heterocycles. The van der Waals surface area contributed by atoms with Crippen molar-refractivity contribution < 1.29 is 4.79 Å². The third-order valence-electron chi connectivity index (χ3n) is 3.71. The number of hydrogen-bond acceptors (Lipinski definition) is 6. The summed E-state index contributed by atoms with van der Waals surface area (Å²) in [5, 5.41) is 15.1. The Bertz CT molecular complexity index is 829. The maximum atomic E-state index is 12.0. The lowest BCUT2D eigenvalue weighted by Gasteiger charge is -2.25. The van der Waals surface area contributed by atoms with Gasteiger partial charge in [0.2, 0.25) is 5.91 Å². The number of hydrogen-bond donors (Lipinski definition) is 2. The normalized spacial score (nSPS) is 14.7. The lowest BCUT2D eigenvalue weighted by Crippen LogP contribution is -2.48. The Labute approximate surface area is 130 Å². The Kier molecular flexibility index (Phi) is 3.28. The van der Waals surface area contributed by atoms with E-state index >= 15 is 0 Å². The molecule has 7 heteroatoms. The van der Waals surface area contributed by atoms with Gasteiger partial charge in [-0.05, 0) is 23.8 Å². The Balaban J connectivity index is 1.65. The van der Waals surface area contributed by atoms with Crippen LogP contribution in [-0.2, 0) is 4.79 Å². The lowest BCUT2D eigenvalue weighted by atomic mass is 10.0. The van der Waals surface area contributed by atoms with Crippen LogP contribution in [0.5, 0.6) is 0 Å². The molecule has 4 rings (SSSR count). The summed E-state index contributed by atoms with van der Waals surface area (Å²) in [6.45, 7) is 1.45. The molecule has 3 aromatic rings. The minimum Gasteiger partial charge on any atom is -0.315 e. The summed E-state index contributed by atoms with van der Waals surface area (Å²) in [5.41, 5.74) is 3.70. The maximum absolute atomic E-state index is 12.0. The van der Waals surface area contributed by atoms with Crippen molar-refractivity contribution in [2.75, 3.05) is 18.4 Å². The summed E-state index contributed by atoms with van der Waals surface area (Å²) in [5.74, 6) is 0.512. The van der Waals surface area contributed by atoms with Crippen LogP contribution in [0, 0.1) is 5.92 Å². The number of nitrogens with zero attached hydrogens (tertiary/aromatic N) is 3. The molecule has 1 aromatic carbocycles. The van der Waals surface area contributed by atoms with Crippen LogP contribution in [0.15, 0.2) is 36.0 Å². The average Bonchev–Trinajstić information content (AvgIpc) is 2.98. The SMILES string of the molecule is O=C(Nc1cc2cc(-c3cncs3)ccc2nn1)C1CNC1. The van der Waals surface area contributed by atoms with E-state index in [-0.39, 0.29) is 11.8 Å². The van der Waals surface area contributed by atoms with Gasteiger partial charge in [-0.25, -0.2) is 0 Å². The van der Waals surface area contributed by atoms with E-state index in [0.717, 1.165) is 34.4 Å². The molecule has 1 fully saturated rings. The Morgan fingerprint density at radius 2 is 2.18 bits per heavy atom. The van der Waals surface area contributed by atoms with E-state index in [0.29, 0.717) is 5.82 Å². The van der Waals surface area contributed by atoms with Gasteiger partial charge in [0.25, 0.3) is 0 Å². The first-order valence-electron chi connectivity index (χ1n) is 6.97. The van der Waals surface area contributed by atoms with Gasteiger partial charge < -0.3 is 10.6 Å². The highest BCUT2D eigenvalue weighted by molar-refractivity contribution is 7.13. The smallest absolute Gasteiger partial charge is 0.231 e. The van der Waals surface area contributed by atoms with Crippen LogP contribution in [0.3, 0.4) is 0 Å². The molecule has 22 heavy (non-hydrogen) atoms. The summed E-state index contributed by atoms with van der Waals surface area (Å²) >= 11 is 1.59. The van der Waals surface area contributed by atoms with Crippen molar-refractivity contribution in [2.45, 2.75) is 0 Å². The van der Waals surface area contributed by atoms with Gasteiger partial charge in [0.05, 0.1) is 21.8 Å². The van der Waals surface area contributed by atoms with Crippen LogP contribution in [0.2, 0.25) is 0 Å². The van der Waals surface area contributed by atoms with Crippen molar-refractivity contribution in [3.63, 3.8) is 0 Å². The van der Waals surface area contributed by atoms with E-state index in [2.05, 4.69) is 25.8 Å². The number of carbonyl (C=O) groups is 1. The minimum atomic E-state index is -0.00832. The quantitative estimate of drug-likeness (QED) is 0.772. The van der Waals surface area contributed by atoms with E-state index in [1.165, 1.54) is 0 Å². The van der Waals surface area contributed by atoms with Gasteiger partial charge in [-0.15, -0.1) is 21.5 Å². The van der Waals surface area contributed by atoms with E-state index < -0.39 is 0 Å². The van der Waals surface area contributed by atoms with Crippen molar-refractivity contribution >= 4 is 34.0 Å². The fourth-order valence-corrected chi connectivity index (χ4v) is 2.94. The van der Waals surface area contributed by atoms with Crippen molar-refractivity contribution in [1.82, 2.24) is 20.5 Å². The molecule has 3 heterocycles. The Morgan fingerprint density at radius 1 is 1.27 bits per heavy atom. The monoisotopic (exact) mass is 311 g/mol. The van der Waals surface area contributed by atoms with Crippen LogP contribution in [0.25, 0.3) is 21.3 Å². The molecule has 0 unspecified atom stereocenters. The largest absolute Gasteiger partial charge is 0.315 e. The summed E-state index contributed by atoms with van der Waals surface area (Å²) in [6, 6.07) is 7.83. The van der Waals surface area contributed by atoms with Crippen molar-refractivity contribution in [1.29, 1.82) is 0 Å². The Morgan fingerprint density at radius 3 is 2.91 bits per heavy atom. The highest BCUT2D eigenvalue weighted by Crippen LogP contribution is 2.27. The number of amides is 1. The highest BCUT2D eigenvalue weighted by atomic mass is 32.1. The Hall–Kier alpha value is -2.38. The molecule has 1 saturated heterocycles. The van der Waals surface area contributed by atoms with Crippen LogP contribution in [0.4, 0.5) is 5.82 Å². The second kappa shape index (κ2) is 5.43. The van der Waals surface area contributed by atoms with Gasteiger partial charge in [0, 0.05) is 24.7 Å². The van der Waals surface area contributed by atoms with E-state index in [1.54, 1.807) is 11.3 Å². The molecule has 2 N–H and O–H groups in total. The summed E-state index contributed by atoms with van der Waals surface area (Å²) in [6.07, 6.45) is 1.84. The van der Waals surface area contributed by atoms with Gasteiger partial charge in [0.15, 0.2) is 5.82 Å². The number of rotatable bonds is 3. The molecule has 0 atom stereocenters. The number of fused-ring (bicyclic) bond motifs is 1. The maximum Gasteiger partial charge on any atom is 0.231 e. The molecule has 0 bridgehead atoms. The van der Waals surface area contributed by atoms with E-state index in [9.17, 15) is 4.79 Å². The summed E-state index contributed by atoms with van der Waals surface area (Å²) in [7, 11) is 0.